The Morgan fingerprint density at radius 1 is 1.28 bits per heavy atom. The van der Waals surface area contributed by atoms with Gasteiger partial charge in [-0.05, 0) is 43.6 Å². The van der Waals surface area contributed by atoms with Gasteiger partial charge in [0.05, 0.1) is 5.02 Å². The molecule has 196 valence electrons. The number of amides is 2. The molecule has 1 aromatic carbocycles. The molecule has 8 nitrogen and oxygen atoms in total. The lowest BCUT2D eigenvalue weighted by Crippen LogP contribution is -2.40. The summed E-state index contributed by atoms with van der Waals surface area (Å²) in [7, 11) is 0. The molecule has 0 bridgehead atoms. The highest BCUT2D eigenvalue weighted by Crippen LogP contribution is 2.45. The average Bonchev–Trinajstić information content (AvgIpc) is 2.81. The largest absolute Gasteiger partial charge is 0.507 e. The van der Waals surface area contributed by atoms with E-state index in [0.717, 1.165) is 12.0 Å². The number of carbonyl (C=O) groups is 3. The van der Waals surface area contributed by atoms with E-state index in [-0.39, 0.29) is 46.6 Å². The highest BCUT2D eigenvalue weighted by atomic mass is 35.5. The van der Waals surface area contributed by atoms with Crippen molar-refractivity contribution < 1.29 is 24.2 Å². The SMILES string of the molecule is CC(/C=C/[C@@]1(C)[C@H](C)CCC(=O)[C@@H]1C)=C\Cc1c(O)c(C=NCC(N)=O)c(C)c(Cl)c1OCC(N)=O. The Kier molecular flexibility index (Phi) is 9.87. The summed E-state index contributed by atoms with van der Waals surface area (Å²) in [4.78, 5) is 38.7. The van der Waals surface area contributed by atoms with Crippen LogP contribution >= 0.6 is 11.6 Å². The predicted octanol–water partition coefficient (Wildman–Crippen LogP) is 3.81. The fourth-order valence-electron chi connectivity index (χ4n) is 4.35. The van der Waals surface area contributed by atoms with Gasteiger partial charge in [0.15, 0.2) is 6.61 Å². The molecule has 2 amide bonds. The first-order chi connectivity index (χ1) is 16.8. The molecular weight excluding hydrogens is 482 g/mol. The molecule has 5 N–H and O–H groups in total. The fourth-order valence-corrected chi connectivity index (χ4v) is 4.62. The zero-order valence-electron chi connectivity index (χ0n) is 21.6. The number of hydrogen-bond acceptors (Lipinski definition) is 6. The number of phenols is 1. The van der Waals surface area contributed by atoms with Crippen molar-refractivity contribution in [3.05, 3.63) is 45.5 Å². The number of allylic oxidation sites excluding steroid dienone is 4. The highest BCUT2D eigenvalue weighted by Gasteiger charge is 2.41. The van der Waals surface area contributed by atoms with Crippen molar-refractivity contribution in [3.8, 4) is 11.5 Å². The summed E-state index contributed by atoms with van der Waals surface area (Å²) in [5.74, 6) is -0.704. The van der Waals surface area contributed by atoms with Gasteiger partial charge in [-0.3, -0.25) is 19.4 Å². The van der Waals surface area contributed by atoms with Crippen LogP contribution in [0.15, 0.2) is 28.8 Å². The molecule has 1 saturated carbocycles. The third-order valence-corrected chi connectivity index (χ3v) is 7.66. The zero-order valence-corrected chi connectivity index (χ0v) is 22.3. The first kappa shape index (κ1) is 29.1. The number of hydrogen-bond donors (Lipinski definition) is 3. The quantitative estimate of drug-likeness (QED) is 0.319. The monoisotopic (exact) mass is 517 g/mol. The molecule has 2 rings (SSSR count). The van der Waals surface area contributed by atoms with Crippen molar-refractivity contribution in [1.82, 2.24) is 0 Å². The number of halogens is 1. The van der Waals surface area contributed by atoms with E-state index in [2.05, 4.69) is 24.9 Å². The van der Waals surface area contributed by atoms with Crippen LogP contribution in [0.25, 0.3) is 0 Å². The van der Waals surface area contributed by atoms with Crippen molar-refractivity contribution >= 4 is 35.4 Å². The summed E-state index contributed by atoms with van der Waals surface area (Å²) in [6.45, 7) is 9.19. The maximum Gasteiger partial charge on any atom is 0.255 e. The Labute approximate surface area is 217 Å². The van der Waals surface area contributed by atoms with Crippen LogP contribution in [0, 0.1) is 24.2 Å². The van der Waals surface area contributed by atoms with Crippen LogP contribution in [0.3, 0.4) is 0 Å². The molecule has 3 atom stereocenters. The number of primary amides is 2. The fraction of sp³-hybridized carbons (Fsp3) is 0.481. The van der Waals surface area contributed by atoms with Crippen molar-refractivity contribution in [1.29, 1.82) is 0 Å². The van der Waals surface area contributed by atoms with E-state index in [1.54, 1.807) is 6.92 Å². The van der Waals surface area contributed by atoms with Gasteiger partial charge in [-0.1, -0.05) is 56.2 Å². The number of benzene rings is 1. The Balaban J connectivity index is 2.44. The molecule has 1 aromatic rings. The van der Waals surface area contributed by atoms with Crippen molar-refractivity contribution in [2.45, 2.75) is 53.9 Å². The lowest BCUT2D eigenvalue weighted by molar-refractivity contribution is -0.129. The van der Waals surface area contributed by atoms with E-state index in [1.807, 2.05) is 26.0 Å². The molecule has 1 aliphatic carbocycles. The van der Waals surface area contributed by atoms with Crippen LogP contribution in [0.2, 0.25) is 5.02 Å². The van der Waals surface area contributed by atoms with E-state index < -0.39 is 18.4 Å². The number of phenolic OH excluding ortho intramolecular Hbond substituents is 1. The molecule has 36 heavy (non-hydrogen) atoms. The maximum atomic E-state index is 12.3. The van der Waals surface area contributed by atoms with E-state index in [9.17, 15) is 19.5 Å². The molecule has 0 saturated heterocycles. The molecule has 0 aliphatic heterocycles. The second-order valence-corrected chi connectivity index (χ2v) is 10.1. The van der Waals surface area contributed by atoms with E-state index in [0.29, 0.717) is 29.0 Å². The van der Waals surface area contributed by atoms with E-state index in [1.165, 1.54) is 6.21 Å². The van der Waals surface area contributed by atoms with Crippen molar-refractivity contribution in [3.63, 3.8) is 0 Å². The minimum absolute atomic E-state index is 0.0682. The number of ketones is 1. The Bertz CT molecular complexity index is 1130. The average molecular weight is 518 g/mol. The first-order valence-corrected chi connectivity index (χ1v) is 12.3. The summed E-state index contributed by atoms with van der Waals surface area (Å²) >= 11 is 6.53. The highest BCUT2D eigenvalue weighted by molar-refractivity contribution is 6.33. The van der Waals surface area contributed by atoms with Crippen LogP contribution < -0.4 is 16.2 Å². The standard InChI is InChI=1S/C27H36ClN3O5/c1-15(10-11-27(5)16(2)7-9-21(32)18(27)4)6-8-19-25(35)20(12-31-13-22(29)33)17(3)24(28)26(19)36-14-23(30)34/h6,10-12,16,18,35H,7-9,13-14H2,1-5H3,(H2,29,33)(H2,30,34)/b11-10+,15-6+,31-12?/t16-,18+,27+/m1/s1. The molecule has 0 radical (unpaired) electrons. The van der Waals surface area contributed by atoms with Crippen LogP contribution in [-0.2, 0) is 20.8 Å². The molecule has 0 unspecified atom stereocenters. The Morgan fingerprint density at radius 2 is 1.94 bits per heavy atom. The normalized spacial score (nSPS) is 22.9. The number of nitrogens with two attached hydrogens (primary N) is 2. The van der Waals surface area contributed by atoms with Gasteiger partial charge in [0.2, 0.25) is 5.91 Å². The molecule has 1 fully saturated rings. The van der Waals surface area contributed by atoms with E-state index >= 15 is 0 Å². The molecule has 0 heterocycles. The van der Waals surface area contributed by atoms with Crippen LogP contribution in [0.5, 0.6) is 11.5 Å². The van der Waals surface area contributed by atoms with Crippen molar-refractivity contribution in [2.24, 2.45) is 33.7 Å². The molecule has 9 heteroatoms. The second kappa shape index (κ2) is 12.2. The number of aliphatic imine (C=N–C) groups is 1. The van der Waals surface area contributed by atoms with E-state index in [4.69, 9.17) is 27.8 Å². The number of Topliss-reactive ketones (excluding diaryl/α,β-unsaturated/α-hetero) is 1. The van der Waals surface area contributed by atoms with Gasteiger partial charge in [0.1, 0.15) is 23.8 Å². The predicted molar refractivity (Wildman–Crippen MR) is 141 cm³/mol. The number of ether oxygens (including phenoxy) is 1. The minimum atomic E-state index is -0.686. The van der Waals surface area contributed by atoms with Crippen LogP contribution in [0.4, 0.5) is 0 Å². The number of rotatable bonds is 10. The Hall–Kier alpha value is -3.13. The van der Waals surface area contributed by atoms with Gasteiger partial charge in [0, 0.05) is 29.7 Å². The molecule has 0 spiro atoms. The summed E-state index contributed by atoms with van der Waals surface area (Å²) in [5, 5.41) is 11.2. The van der Waals surface area contributed by atoms with Crippen LogP contribution in [0.1, 0.15) is 57.2 Å². The van der Waals surface area contributed by atoms with Gasteiger partial charge >= 0.3 is 0 Å². The summed E-state index contributed by atoms with van der Waals surface area (Å²) in [6.07, 6.45) is 9.02. The topological polar surface area (TPSA) is 145 Å². The van der Waals surface area contributed by atoms with Gasteiger partial charge in [-0.2, -0.15) is 0 Å². The van der Waals surface area contributed by atoms with Gasteiger partial charge in [-0.25, -0.2) is 0 Å². The Morgan fingerprint density at radius 3 is 2.56 bits per heavy atom. The first-order valence-electron chi connectivity index (χ1n) is 11.9. The summed E-state index contributed by atoms with van der Waals surface area (Å²) < 4.78 is 5.56. The third kappa shape index (κ3) is 6.75. The lowest BCUT2D eigenvalue weighted by atomic mass is 9.61. The van der Waals surface area contributed by atoms with Gasteiger partial charge in [-0.15, -0.1) is 0 Å². The van der Waals surface area contributed by atoms with Gasteiger partial charge < -0.3 is 21.3 Å². The minimum Gasteiger partial charge on any atom is -0.507 e. The maximum absolute atomic E-state index is 12.3. The number of aromatic hydroxyl groups is 1. The number of nitrogens with zero attached hydrogens (tertiary/aromatic N) is 1. The second-order valence-electron chi connectivity index (χ2n) is 9.68. The lowest BCUT2D eigenvalue weighted by Gasteiger charge is -2.42. The molecule has 0 aromatic heterocycles. The van der Waals surface area contributed by atoms with Crippen LogP contribution in [-0.4, -0.2) is 42.1 Å². The van der Waals surface area contributed by atoms with Crippen molar-refractivity contribution in [2.75, 3.05) is 13.2 Å². The van der Waals surface area contributed by atoms with Gasteiger partial charge in [0.25, 0.3) is 5.91 Å². The smallest absolute Gasteiger partial charge is 0.255 e. The summed E-state index contributed by atoms with van der Waals surface area (Å²) in [5.41, 5.74) is 12.2. The molecular formula is C27H36ClN3O5. The third-order valence-electron chi connectivity index (χ3n) is 7.21. The number of carbonyl (C=O) groups excluding carboxylic acids is 3. The molecule has 1 aliphatic rings. The summed E-state index contributed by atoms with van der Waals surface area (Å²) in [6, 6.07) is 0. The zero-order chi connectivity index (χ0) is 27.2.